The predicted octanol–water partition coefficient (Wildman–Crippen LogP) is 5.22. The van der Waals surface area contributed by atoms with Crippen molar-refractivity contribution in [3.05, 3.63) is 95.6 Å². The van der Waals surface area contributed by atoms with Crippen molar-refractivity contribution in [1.82, 2.24) is 15.3 Å². The molecule has 5 heteroatoms. The maximum Gasteiger partial charge on any atom is 0.170 e. The molecule has 0 saturated carbocycles. The minimum Gasteiger partial charge on any atom is -0.486 e. The van der Waals surface area contributed by atoms with Crippen molar-refractivity contribution >= 4 is 16.6 Å². The van der Waals surface area contributed by atoms with E-state index in [0.717, 1.165) is 61.5 Å². The van der Waals surface area contributed by atoms with Gasteiger partial charge in [0.15, 0.2) is 5.78 Å². The van der Waals surface area contributed by atoms with Crippen LogP contribution in [0.2, 0.25) is 0 Å². The Hall–Kier alpha value is -3.44. The van der Waals surface area contributed by atoms with E-state index in [9.17, 15) is 4.79 Å². The molecule has 34 heavy (non-hydrogen) atoms. The number of ketones is 1. The number of aromatic amines is 1. The first kappa shape index (κ1) is 21.1. The fraction of sp³-hybridized carbons (Fsp3) is 0.310. The Balaban J connectivity index is 1.33. The maximum absolute atomic E-state index is 13.2. The van der Waals surface area contributed by atoms with Crippen LogP contribution >= 0.6 is 0 Å². The molecule has 172 valence electrons. The van der Waals surface area contributed by atoms with Gasteiger partial charge in [-0.15, -0.1) is 0 Å². The van der Waals surface area contributed by atoms with Gasteiger partial charge in [-0.1, -0.05) is 48.5 Å². The highest BCUT2D eigenvalue weighted by Gasteiger charge is 2.41. The summed E-state index contributed by atoms with van der Waals surface area (Å²) < 4.78 is 6.44. The number of imidazole rings is 1. The topological polar surface area (TPSA) is 67.0 Å². The second-order valence-corrected chi connectivity index (χ2v) is 9.67. The van der Waals surface area contributed by atoms with Crippen molar-refractivity contribution < 1.29 is 9.53 Å². The van der Waals surface area contributed by atoms with Gasteiger partial charge >= 0.3 is 0 Å². The Kier molecular flexibility index (Phi) is 5.42. The first-order valence-corrected chi connectivity index (χ1v) is 12.2. The highest BCUT2D eigenvalue weighted by Crippen LogP contribution is 2.39. The van der Waals surface area contributed by atoms with Crippen LogP contribution in [-0.2, 0) is 12.8 Å². The summed E-state index contributed by atoms with van der Waals surface area (Å²) in [5.41, 5.74) is 2.86. The van der Waals surface area contributed by atoms with Gasteiger partial charge in [-0.2, -0.15) is 0 Å². The average molecular weight is 452 g/mol. The van der Waals surface area contributed by atoms with E-state index in [1.165, 1.54) is 16.3 Å². The summed E-state index contributed by atoms with van der Waals surface area (Å²) >= 11 is 0. The van der Waals surface area contributed by atoms with E-state index in [2.05, 4.69) is 69.9 Å². The van der Waals surface area contributed by atoms with Crippen LogP contribution in [0.1, 0.15) is 52.5 Å². The van der Waals surface area contributed by atoms with Crippen LogP contribution in [0.4, 0.5) is 0 Å². The normalized spacial score (nSPS) is 17.9. The second-order valence-electron chi connectivity index (χ2n) is 9.67. The number of ether oxygens (including phenoxy) is 1. The molecule has 1 fully saturated rings. The zero-order valence-electron chi connectivity index (χ0n) is 19.2. The molecule has 1 unspecified atom stereocenters. The lowest BCUT2D eigenvalue weighted by Crippen LogP contribution is -2.49. The van der Waals surface area contributed by atoms with Crippen LogP contribution in [0.5, 0.6) is 5.75 Å². The third-order valence-corrected chi connectivity index (χ3v) is 7.41. The number of benzene rings is 3. The SMILES string of the molecule is O=C1CC2(CCNCC2)Oc2ccc(CC(Cc3ncc[nH]3)c3cccc4ccccc34)cc21. The van der Waals surface area contributed by atoms with Gasteiger partial charge in [-0.05, 0) is 59.5 Å². The zero-order chi connectivity index (χ0) is 23.0. The predicted molar refractivity (Wildman–Crippen MR) is 134 cm³/mol. The minimum absolute atomic E-state index is 0.206. The van der Waals surface area contributed by atoms with Crippen LogP contribution in [0, 0.1) is 0 Å². The maximum atomic E-state index is 13.2. The lowest BCUT2D eigenvalue weighted by Gasteiger charge is -2.41. The van der Waals surface area contributed by atoms with Crippen molar-refractivity contribution in [3.63, 3.8) is 0 Å². The Bertz CT molecular complexity index is 1320. The number of nitrogens with zero attached hydrogens (tertiary/aromatic N) is 1. The molecule has 1 spiro atoms. The van der Waals surface area contributed by atoms with Crippen LogP contribution in [0.3, 0.4) is 0 Å². The zero-order valence-corrected chi connectivity index (χ0v) is 19.2. The smallest absolute Gasteiger partial charge is 0.170 e. The van der Waals surface area contributed by atoms with Gasteiger partial charge in [0, 0.05) is 31.7 Å². The van der Waals surface area contributed by atoms with E-state index in [4.69, 9.17) is 4.74 Å². The Labute approximate surface area is 199 Å². The monoisotopic (exact) mass is 451 g/mol. The third-order valence-electron chi connectivity index (χ3n) is 7.41. The summed E-state index contributed by atoms with van der Waals surface area (Å²) in [6.45, 7) is 1.81. The number of Topliss-reactive ketones (excluding diaryl/α,β-unsaturated/α-hetero) is 1. The molecule has 2 N–H and O–H groups in total. The van der Waals surface area contributed by atoms with Gasteiger partial charge in [0.2, 0.25) is 0 Å². The number of H-pyrrole nitrogens is 1. The van der Waals surface area contributed by atoms with E-state index in [-0.39, 0.29) is 17.3 Å². The van der Waals surface area contributed by atoms with Crippen LogP contribution in [0.15, 0.2) is 73.1 Å². The van der Waals surface area contributed by atoms with E-state index in [1.807, 2.05) is 12.3 Å². The molecule has 1 saturated heterocycles. The van der Waals surface area contributed by atoms with Crippen molar-refractivity contribution in [2.24, 2.45) is 0 Å². The highest BCUT2D eigenvalue weighted by molar-refractivity contribution is 6.00. The molecule has 2 aliphatic heterocycles. The lowest BCUT2D eigenvalue weighted by molar-refractivity contribution is 0.0187. The van der Waals surface area contributed by atoms with Crippen molar-refractivity contribution in [2.75, 3.05) is 13.1 Å². The molecular weight excluding hydrogens is 422 g/mol. The van der Waals surface area contributed by atoms with Crippen molar-refractivity contribution in [1.29, 1.82) is 0 Å². The van der Waals surface area contributed by atoms with Crippen molar-refractivity contribution in [3.8, 4) is 5.75 Å². The first-order valence-electron chi connectivity index (χ1n) is 12.2. The molecular formula is C29H29N3O2. The highest BCUT2D eigenvalue weighted by atomic mass is 16.5. The summed E-state index contributed by atoms with van der Waals surface area (Å²) in [4.78, 5) is 21.0. The lowest BCUT2D eigenvalue weighted by atomic mass is 9.81. The summed E-state index contributed by atoms with van der Waals surface area (Å²) in [6.07, 6.45) is 7.55. The fourth-order valence-electron chi connectivity index (χ4n) is 5.66. The van der Waals surface area contributed by atoms with Gasteiger partial charge < -0.3 is 15.0 Å². The summed E-state index contributed by atoms with van der Waals surface area (Å²) in [6, 6.07) is 21.3. The standard InChI is InChI=1S/C29H29N3O2/c33-26-19-29(10-12-30-13-11-29)34-27-9-8-20(17-25(26)27)16-22(18-28-31-14-15-32-28)24-7-3-5-21-4-1-2-6-23(21)24/h1-9,14-15,17,22,30H,10-13,16,18-19H2,(H,31,32). The quantitative estimate of drug-likeness (QED) is 0.437. The van der Waals surface area contributed by atoms with Gasteiger partial charge in [-0.25, -0.2) is 4.98 Å². The fourth-order valence-corrected chi connectivity index (χ4v) is 5.66. The Morgan fingerprint density at radius 2 is 1.85 bits per heavy atom. The molecule has 1 atom stereocenters. The summed E-state index contributed by atoms with van der Waals surface area (Å²) in [7, 11) is 0. The van der Waals surface area contributed by atoms with E-state index in [1.54, 1.807) is 6.20 Å². The molecule has 6 rings (SSSR count). The number of nitrogens with one attached hydrogen (secondary N) is 2. The van der Waals surface area contributed by atoms with Gasteiger partial charge in [0.05, 0.1) is 12.0 Å². The molecule has 1 aromatic heterocycles. The number of carbonyl (C=O) groups is 1. The van der Waals surface area contributed by atoms with Crippen molar-refractivity contribution in [2.45, 2.75) is 43.6 Å². The molecule has 5 nitrogen and oxygen atoms in total. The number of fused-ring (bicyclic) bond motifs is 2. The summed E-state index contributed by atoms with van der Waals surface area (Å²) in [5, 5.41) is 5.88. The Morgan fingerprint density at radius 3 is 2.71 bits per heavy atom. The molecule has 0 bridgehead atoms. The third kappa shape index (κ3) is 4.01. The number of aromatic nitrogens is 2. The van der Waals surface area contributed by atoms with Crippen LogP contribution in [-0.4, -0.2) is 34.4 Å². The molecule has 0 radical (unpaired) electrons. The van der Waals surface area contributed by atoms with Crippen LogP contribution < -0.4 is 10.1 Å². The molecule has 3 aromatic carbocycles. The largest absolute Gasteiger partial charge is 0.486 e. The molecule has 0 amide bonds. The van der Waals surface area contributed by atoms with E-state index < -0.39 is 0 Å². The Morgan fingerprint density at radius 1 is 1.00 bits per heavy atom. The number of carbonyl (C=O) groups excluding carboxylic acids is 1. The number of hydrogen-bond acceptors (Lipinski definition) is 4. The van der Waals surface area contributed by atoms with Crippen LogP contribution in [0.25, 0.3) is 10.8 Å². The summed E-state index contributed by atoms with van der Waals surface area (Å²) in [5.74, 6) is 2.15. The van der Waals surface area contributed by atoms with Gasteiger partial charge in [-0.3, -0.25) is 4.79 Å². The molecule has 0 aliphatic carbocycles. The molecule has 4 aromatic rings. The van der Waals surface area contributed by atoms with E-state index in [0.29, 0.717) is 6.42 Å². The second kappa shape index (κ2) is 8.73. The average Bonchev–Trinajstić information content (AvgIpc) is 3.37. The number of rotatable bonds is 5. The van der Waals surface area contributed by atoms with Gasteiger partial charge in [0.25, 0.3) is 0 Å². The number of piperidine rings is 1. The van der Waals surface area contributed by atoms with Gasteiger partial charge in [0.1, 0.15) is 17.2 Å². The molecule has 3 heterocycles. The number of hydrogen-bond donors (Lipinski definition) is 2. The minimum atomic E-state index is -0.332. The van der Waals surface area contributed by atoms with E-state index >= 15 is 0 Å². The molecule has 2 aliphatic rings. The first-order chi connectivity index (χ1) is 16.7.